The number of carbonyl (C=O) groups excluding carboxylic acids is 2. The first-order chi connectivity index (χ1) is 10.1. The van der Waals surface area contributed by atoms with Gasteiger partial charge in [-0.2, -0.15) is 0 Å². The topological polar surface area (TPSA) is 132 Å². The number of amides is 2. The highest BCUT2D eigenvalue weighted by atomic mass is 16.7. The fraction of sp³-hybridized carbons (Fsp3) is 0.769. The van der Waals surface area contributed by atoms with Gasteiger partial charge in [0.05, 0.1) is 7.11 Å². The molecule has 9 nitrogen and oxygen atoms in total. The Morgan fingerprint density at radius 1 is 1.41 bits per heavy atom. The normalized spacial score (nSPS) is 12.2. The minimum atomic E-state index is -0.804. The van der Waals surface area contributed by atoms with Gasteiger partial charge < -0.3 is 26.5 Å². The number of alkyl carbamates (subject to hydrolysis) is 1. The van der Waals surface area contributed by atoms with Crippen molar-refractivity contribution in [1.29, 1.82) is 5.41 Å². The molecule has 0 aromatic heterocycles. The molecule has 0 aromatic carbocycles. The maximum Gasteiger partial charge on any atom is 0.408 e. The predicted octanol–water partition coefficient (Wildman–Crippen LogP) is 0.947. The van der Waals surface area contributed by atoms with Gasteiger partial charge in [-0.15, -0.1) is 0 Å². The van der Waals surface area contributed by atoms with Gasteiger partial charge in [-0.3, -0.25) is 9.63 Å². The highest BCUT2D eigenvalue weighted by Crippen LogP contribution is 2.09. The van der Waals surface area contributed by atoms with Crippen LogP contribution in [0.25, 0.3) is 5.32 Å². The number of likely N-dealkylation sites (N-methyl/N-ethyl adjacent to an activating group) is 1. The van der Waals surface area contributed by atoms with Crippen LogP contribution in [0.3, 0.4) is 0 Å². The molecule has 0 saturated carbocycles. The smallest absolute Gasteiger partial charge is 0.408 e. The second-order valence-electron chi connectivity index (χ2n) is 5.63. The predicted molar refractivity (Wildman–Crippen MR) is 82.3 cm³/mol. The molecule has 0 unspecified atom stereocenters. The molecule has 0 aliphatic heterocycles. The average molecular weight is 316 g/mol. The standard InChI is InChI=1S/C13H27N5O4/c1-13(2,3)22-12(20)17-9(10(19)18(4)21-5)7-6-8-16-11(14)15/h9H,6-8H2,1-5H3,(H5,14,15,16,17,20)/p-1/t9-/m0/s1. The molecule has 0 aliphatic rings. The number of nitrogens with zero attached hydrogens (tertiary/aromatic N) is 2. The molecule has 0 aliphatic carbocycles. The number of nitrogens with two attached hydrogens (primary N) is 1. The lowest BCUT2D eigenvalue weighted by Crippen LogP contribution is -2.48. The Morgan fingerprint density at radius 2 is 2.00 bits per heavy atom. The highest BCUT2D eigenvalue weighted by Gasteiger charge is 2.26. The third kappa shape index (κ3) is 9.01. The Kier molecular flexibility index (Phi) is 8.24. The van der Waals surface area contributed by atoms with Crippen molar-refractivity contribution >= 4 is 18.0 Å². The summed E-state index contributed by atoms with van der Waals surface area (Å²) in [6.45, 7) is 5.50. The number of hydrogen-bond acceptors (Lipinski definition) is 5. The quantitative estimate of drug-likeness (QED) is 0.278. The van der Waals surface area contributed by atoms with Crippen molar-refractivity contribution < 1.29 is 19.2 Å². The monoisotopic (exact) mass is 316 g/mol. The summed E-state index contributed by atoms with van der Waals surface area (Å²) in [6, 6.07) is -0.804. The minimum Gasteiger partial charge on any atom is -0.454 e. The summed E-state index contributed by atoms with van der Waals surface area (Å²) < 4.78 is 5.14. The van der Waals surface area contributed by atoms with Gasteiger partial charge in [0.2, 0.25) is 0 Å². The fourth-order valence-corrected chi connectivity index (χ4v) is 1.51. The van der Waals surface area contributed by atoms with Crippen LogP contribution in [0.15, 0.2) is 0 Å². The van der Waals surface area contributed by atoms with Crippen LogP contribution in [0, 0.1) is 5.41 Å². The summed E-state index contributed by atoms with van der Waals surface area (Å²) in [7, 11) is 2.81. The summed E-state index contributed by atoms with van der Waals surface area (Å²) >= 11 is 0. The molecule has 0 bridgehead atoms. The lowest BCUT2D eigenvalue weighted by Gasteiger charge is -2.25. The Hall–Kier alpha value is -2.03. The fourth-order valence-electron chi connectivity index (χ4n) is 1.51. The van der Waals surface area contributed by atoms with E-state index in [2.05, 4.69) is 10.6 Å². The molecule has 9 heteroatoms. The van der Waals surface area contributed by atoms with Crippen LogP contribution in [-0.4, -0.2) is 55.4 Å². The number of hydrogen-bond donors (Lipinski definition) is 3. The molecule has 22 heavy (non-hydrogen) atoms. The summed E-state index contributed by atoms with van der Waals surface area (Å²) in [6.07, 6.45) is 0.116. The van der Waals surface area contributed by atoms with Crippen LogP contribution < -0.4 is 11.1 Å². The van der Waals surface area contributed by atoms with E-state index in [4.69, 9.17) is 20.7 Å². The molecule has 0 saturated heterocycles. The van der Waals surface area contributed by atoms with Crippen LogP contribution in [-0.2, 0) is 14.4 Å². The van der Waals surface area contributed by atoms with E-state index in [1.165, 1.54) is 14.2 Å². The van der Waals surface area contributed by atoms with Crippen molar-refractivity contribution in [1.82, 2.24) is 10.4 Å². The van der Waals surface area contributed by atoms with Gasteiger partial charge in [-0.1, -0.05) is 0 Å². The summed E-state index contributed by atoms with van der Waals surface area (Å²) in [5.74, 6) is -0.673. The third-order valence-electron chi connectivity index (χ3n) is 2.51. The van der Waals surface area contributed by atoms with E-state index in [0.717, 1.165) is 5.06 Å². The van der Waals surface area contributed by atoms with Crippen molar-refractivity contribution in [3.63, 3.8) is 0 Å². The Labute approximate surface area is 131 Å². The highest BCUT2D eigenvalue weighted by molar-refractivity contribution is 5.87. The molecule has 128 valence electrons. The lowest BCUT2D eigenvalue weighted by molar-refractivity contribution is -0.171. The van der Waals surface area contributed by atoms with Crippen LogP contribution in [0.1, 0.15) is 33.6 Å². The maximum atomic E-state index is 12.1. The molecule has 0 spiro atoms. The van der Waals surface area contributed by atoms with Gasteiger partial charge in [0.25, 0.3) is 5.91 Å². The number of guanidine groups is 1. The van der Waals surface area contributed by atoms with E-state index in [1.54, 1.807) is 20.8 Å². The zero-order chi connectivity index (χ0) is 17.3. The van der Waals surface area contributed by atoms with Gasteiger partial charge in [-0.25, -0.2) is 9.86 Å². The van der Waals surface area contributed by atoms with Crippen LogP contribution in [0.4, 0.5) is 4.79 Å². The van der Waals surface area contributed by atoms with Crippen LogP contribution in [0.5, 0.6) is 0 Å². The third-order valence-corrected chi connectivity index (χ3v) is 2.51. The Bertz CT molecular complexity index is 394. The summed E-state index contributed by atoms with van der Waals surface area (Å²) in [5.41, 5.74) is 4.46. The van der Waals surface area contributed by atoms with Gasteiger partial charge in [0.1, 0.15) is 11.6 Å². The molecule has 1 atom stereocenters. The van der Waals surface area contributed by atoms with Gasteiger partial charge in [0.15, 0.2) is 0 Å². The first kappa shape index (κ1) is 20.0. The molecule has 0 fully saturated rings. The zero-order valence-corrected chi connectivity index (χ0v) is 13.8. The van der Waals surface area contributed by atoms with Gasteiger partial charge in [-0.05, 0) is 46.1 Å². The number of ether oxygens (including phenoxy) is 1. The molecule has 0 radical (unpaired) electrons. The van der Waals surface area contributed by atoms with Crippen molar-refractivity contribution in [3.8, 4) is 0 Å². The van der Waals surface area contributed by atoms with Crippen molar-refractivity contribution in [2.24, 2.45) is 5.73 Å². The molecule has 4 N–H and O–H groups in total. The van der Waals surface area contributed by atoms with E-state index in [1.807, 2.05) is 0 Å². The van der Waals surface area contributed by atoms with Crippen LogP contribution in [0.2, 0.25) is 0 Å². The lowest BCUT2D eigenvalue weighted by atomic mass is 10.1. The van der Waals surface area contributed by atoms with E-state index >= 15 is 0 Å². The van der Waals surface area contributed by atoms with E-state index in [-0.39, 0.29) is 5.96 Å². The number of carbonyl (C=O) groups is 2. The molecular weight excluding hydrogens is 290 g/mol. The maximum absolute atomic E-state index is 12.1. The molecule has 0 heterocycles. The van der Waals surface area contributed by atoms with Crippen molar-refractivity contribution in [3.05, 3.63) is 5.32 Å². The molecule has 0 aromatic rings. The first-order valence-corrected chi connectivity index (χ1v) is 6.89. The summed E-state index contributed by atoms with van der Waals surface area (Å²) in [5, 5.41) is 14.3. The average Bonchev–Trinajstić information content (AvgIpc) is 2.38. The summed E-state index contributed by atoms with van der Waals surface area (Å²) in [4.78, 5) is 28.8. The number of nitrogens with one attached hydrogen (secondary N) is 2. The second-order valence-corrected chi connectivity index (χ2v) is 5.63. The second kappa shape index (κ2) is 9.08. The molecular formula is C13H26N5O4-. The number of rotatable bonds is 7. The Morgan fingerprint density at radius 3 is 2.45 bits per heavy atom. The van der Waals surface area contributed by atoms with Crippen LogP contribution >= 0.6 is 0 Å². The number of hydroxylamine groups is 2. The molecule has 0 rings (SSSR count). The molecule has 2 amide bonds. The SMILES string of the molecule is CON(C)C(=O)[C@H](CCC[N-]C(=N)N)NC(=O)OC(C)(C)C. The van der Waals surface area contributed by atoms with E-state index in [0.29, 0.717) is 19.4 Å². The van der Waals surface area contributed by atoms with E-state index in [9.17, 15) is 9.59 Å². The van der Waals surface area contributed by atoms with Gasteiger partial charge >= 0.3 is 6.09 Å². The largest absolute Gasteiger partial charge is 0.454 e. The van der Waals surface area contributed by atoms with Crippen molar-refractivity contribution in [2.45, 2.75) is 45.3 Å². The minimum absolute atomic E-state index is 0.267. The van der Waals surface area contributed by atoms with Gasteiger partial charge in [0, 0.05) is 7.05 Å². The first-order valence-electron chi connectivity index (χ1n) is 6.89. The zero-order valence-electron chi connectivity index (χ0n) is 13.8. The van der Waals surface area contributed by atoms with E-state index < -0.39 is 23.6 Å². The van der Waals surface area contributed by atoms with Crippen molar-refractivity contribution in [2.75, 3.05) is 20.7 Å². The Balaban J connectivity index is 4.61.